The smallest absolute Gasteiger partial charge is 0.325 e. The fraction of sp³-hybridized carbons (Fsp3) is 0.294. The second kappa shape index (κ2) is 7.52. The lowest BCUT2D eigenvalue weighted by atomic mass is 10.1. The molecule has 0 bridgehead atoms. The van der Waals surface area contributed by atoms with Gasteiger partial charge in [0.05, 0.1) is 25.8 Å². The highest BCUT2D eigenvalue weighted by Crippen LogP contribution is 2.18. The number of methoxy groups -OCH3 is 1. The van der Waals surface area contributed by atoms with E-state index in [2.05, 4.69) is 15.6 Å². The zero-order valence-corrected chi connectivity index (χ0v) is 15.1. The summed E-state index contributed by atoms with van der Waals surface area (Å²) >= 11 is 1.31. The van der Waals surface area contributed by atoms with E-state index in [9.17, 15) is 14.4 Å². The number of carbonyl (C=O) groups excluding carboxylic acids is 3. The number of hydrogen-bond donors (Lipinski definition) is 2. The maximum atomic E-state index is 12.5. The van der Waals surface area contributed by atoms with Crippen molar-refractivity contribution in [1.29, 1.82) is 0 Å². The Morgan fingerprint density at radius 3 is 2.69 bits per heavy atom. The van der Waals surface area contributed by atoms with Crippen LogP contribution in [-0.4, -0.2) is 40.9 Å². The average molecular weight is 374 g/mol. The van der Waals surface area contributed by atoms with Crippen molar-refractivity contribution in [2.75, 3.05) is 12.4 Å². The highest BCUT2D eigenvalue weighted by Gasteiger charge is 2.39. The first kappa shape index (κ1) is 17.9. The van der Waals surface area contributed by atoms with E-state index in [0.29, 0.717) is 10.9 Å². The number of anilines is 1. The molecule has 0 saturated carbocycles. The summed E-state index contributed by atoms with van der Waals surface area (Å²) in [4.78, 5) is 41.9. The van der Waals surface area contributed by atoms with Crippen LogP contribution in [0.5, 0.6) is 5.75 Å². The third-order valence-corrected chi connectivity index (χ3v) is 4.74. The average Bonchev–Trinajstić information content (AvgIpc) is 3.13. The highest BCUT2D eigenvalue weighted by molar-refractivity contribution is 7.13. The van der Waals surface area contributed by atoms with Crippen LogP contribution in [0, 0.1) is 6.92 Å². The number of rotatable bonds is 6. The molecule has 2 aromatic rings. The minimum atomic E-state index is -0.873. The number of ether oxygens (including phenoxy) is 1. The Kier molecular flexibility index (Phi) is 5.17. The van der Waals surface area contributed by atoms with Gasteiger partial charge in [-0.1, -0.05) is 12.1 Å². The third kappa shape index (κ3) is 3.99. The predicted molar refractivity (Wildman–Crippen MR) is 96.0 cm³/mol. The van der Waals surface area contributed by atoms with Crippen molar-refractivity contribution in [2.24, 2.45) is 0 Å². The number of aryl methyl sites for hydroxylation is 1. The standard InChI is InChI=1S/C17H18N4O4S/c1-10-9-26-16(18-10)20-14(22)7-13-15(23)21(17(24)19-13)8-11-3-5-12(25-2)6-4-11/h3-6,9,13H,7-8H2,1-2H3,(H,19,24)(H,18,20,22)/t13-/m1/s1. The van der Waals surface area contributed by atoms with Crippen LogP contribution in [-0.2, 0) is 16.1 Å². The quantitative estimate of drug-likeness (QED) is 0.752. The van der Waals surface area contributed by atoms with Gasteiger partial charge in [-0.25, -0.2) is 9.78 Å². The van der Waals surface area contributed by atoms with E-state index in [-0.39, 0.29) is 18.9 Å². The Balaban J connectivity index is 1.59. The number of aromatic nitrogens is 1. The van der Waals surface area contributed by atoms with Gasteiger partial charge >= 0.3 is 6.03 Å². The Morgan fingerprint density at radius 1 is 1.35 bits per heavy atom. The molecule has 136 valence electrons. The number of amides is 4. The van der Waals surface area contributed by atoms with E-state index >= 15 is 0 Å². The van der Waals surface area contributed by atoms with Crippen molar-refractivity contribution in [1.82, 2.24) is 15.2 Å². The van der Waals surface area contributed by atoms with Crippen LogP contribution in [0.2, 0.25) is 0 Å². The fourth-order valence-corrected chi connectivity index (χ4v) is 3.25. The largest absolute Gasteiger partial charge is 0.497 e. The molecule has 1 aliphatic heterocycles. The molecule has 1 aromatic carbocycles. The van der Waals surface area contributed by atoms with Crippen molar-refractivity contribution in [2.45, 2.75) is 25.9 Å². The molecule has 1 atom stereocenters. The van der Waals surface area contributed by atoms with Gasteiger partial charge in [-0.05, 0) is 24.6 Å². The summed E-state index contributed by atoms with van der Waals surface area (Å²) in [7, 11) is 1.56. The second-order valence-electron chi connectivity index (χ2n) is 5.82. The molecule has 4 amide bonds. The van der Waals surface area contributed by atoms with Crippen molar-refractivity contribution in [3.8, 4) is 5.75 Å². The number of benzene rings is 1. The Bertz CT molecular complexity index is 834. The van der Waals surface area contributed by atoms with Crippen molar-refractivity contribution >= 4 is 34.3 Å². The summed E-state index contributed by atoms with van der Waals surface area (Å²) < 4.78 is 5.08. The van der Waals surface area contributed by atoms with E-state index in [0.717, 1.165) is 16.2 Å². The number of imide groups is 1. The number of urea groups is 1. The van der Waals surface area contributed by atoms with Crippen LogP contribution in [0.25, 0.3) is 0 Å². The lowest BCUT2D eigenvalue weighted by Gasteiger charge is -2.13. The summed E-state index contributed by atoms with van der Waals surface area (Å²) in [5, 5.41) is 7.47. The molecule has 0 spiro atoms. The molecular formula is C17H18N4O4S. The van der Waals surface area contributed by atoms with Gasteiger partial charge < -0.3 is 15.4 Å². The van der Waals surface area contributed by atoms with E-state index in [4.69, 9.17) is 4.74 Å². The van der Waals surface area contributed by atoms with Gasteiger partial charge in [-0.15, -0.1) is 11.3 Å². The molecule has 9 heteroatoms. The van der Waals surface area contributed by atoms with E-state index in [1.807, 2.05) is 12.3 Å². The zero-order valence-electron chi connectivity index (χ0n) is 14.3. The lowest BCUT2D eigenvalue weighted by molar-refractivity contribution is -0.130. The van der Waals surface area contributed by atoms with Gasteiger partial charge in [0, 0.05) is 5.38 Å². The van der Waals surface area contributed by atoms with Gasteiger partial charge in [-0.2, -0.15) is 0 Å². The van der Waals surface area contributed by atoms with Gasteiger partial charge in [0.25, 0.3) is 5.91 Å². The molecule has 8 nitrogen and oxygen atoms in total. The maximum absolute atomic E-state index is 12.5. The SMILES string of the molecule is COc1ccc(CN2C(=O)N[C@H](CC(=O)Nc3nc(C)cs3)C2=O)cc1. The molecule has 1 aliphatic rings. The van der Waals surface area contributed by atoms with Crippen LogP contribution >= 0.6 is 11.3 Å². The van der Waals surface area contributed by atoms with Crippen molar-refractivity contribution < 1.29 is 19.1 Å². The first-order valence-corrected chi connectivity index (χ1v) is 8.81. The maximum Gasteiger partial charge on any atom is 0.325 e. The Morgan fingerprint density at radius 2 is 2.08 bits per heavy atom. The van der Waals surface area contributed by atoms with Gasteiger partial charge in [0.1, 0.15) is 11.8 Å². The molecule has 1 fully saturated rings. The summed E-state index contributed by atoms with van der Waals surface area (Å²) in [5.74, 6) is -0.0986. The molecule has 2 N–H and O–H groups in total. The lowest BCUT2D eigenvalue weighted by Crippen LogP contribution is -2.34. The monoisotopic (exact) mass is 374 g/mol. The summed E-state index contributed by atoms with van der Waals surface area (Å²) in [5.41, 5.74) is 1.60. The van der Waals surface area contributed by atoms with E-state index in [1.54, 1.807) is 31.4 Å². The Hall–Kier alpha value is -2.94. The number of carbonyl (C=O) groups is 3. The van der Waals surface area contributed by atoms with Crippen molar-refractivity contribution in [3.63, 3.8) is 0 Å². The molecule has 2 heterocycles. The number of hydrogen-bond acceptors (Lipinski definition) is 6. The Labute approximate surface area is 154 Å². The van der Waals surface area contributed by atoms with Gasteiger partial charge in [0.2, 0.25) is 5.91 Å². The topological polar surface area (TPSA) is 101 Å². The third-order valence-electron chi connectivity index (χ3n) is 3.86. The number of nitrogens with zero attached hydrogens (tertiary/aromatic N) is 2. The first-order valence-electron chi connectivity index (χ1n) is 7.93. The first-order chi connectivity index (χ1) is 12.5. The molecule has 0 radical (unpaired) electrons. The molecule has 0 aliphatic carbocycles. The van der Waals surface area contributed by atoms with Gasteiger partial charge in [-0.3, -0.25) is 14.5 Å². The predicted octanol–water partition coefficient (Wildman–Crippen LogP) is 1.91. The number of thiazole rings is 1. The minimum Gasteiger partial charge on any atom is -0.497 e. The summed E-state index contributed by atoms with van der Waals surface area (Å²) in [6.07, 6.45) is -0.137. The summed E-state index contributed by atoms with van der Waals surface area (Å²) in [6, 6.07) is 5.70. The molecular weight excluding hydrogens is 356 g/mol. The van der Waals surface area contributed by atoms with Crippen molar-refractivity contribution in [3.05, 3.63) is 40.9 Å². The van der Waals surface area contributed by atoms with E-state index in [1.165, 1.54) is 11.3 Å². The van der Waals surface area contributed by atoms with Crippen LogP contribution in [0.3, 0.4) is 0 Å². The fourth-order valence-electron chi connectivity index (χ4n) is 2.55. The van der Waals surface area contributed by atoms with E-state index < -0.39 is 18.0 Å². The minimum absolute atomic E-state index is 0.137. The summed E-state index contributed by atoms with van der Waals surface area (Å²) in [6.45, 7) is 1.96. The second-order valence-corrected chi connectivity index (χ2v) is 6.68. The van der Waals surface area contributed by atoms with Gasteiger partial charge in [0.15, 0.2) is 5.13 Å². The van der Waals surface area contributed by atoms with Crippen LogP contribution < -0.4 is 15.4 Å². The number of nitrogens with one attached hydrogen (secondary N) is 2. The van der Waals surface area contributed by atoms with Crippen LogP contribution in [0.1, 0.15) is 17.7 Å². The van der Waals surface area contributed by atoms with Crippen LogP contribution in [0.15, 0.2) is 29.6 Å². The highest BCUT2D eigenvalue weighted by atomic mass is 32.1. The normalized spacial score (nSPS) is 16.5. The molecule has 3 rings (SSSR count). The molecule has 26 heavy (non-hydrogen) atoms. The zero-order chi connectivity index (χ0) is 18.7. The molecule has 0 unspecified atom stereocenters. The molecule has 1 aromatic heterocycles. The molecule has 1 saturated heterocycles. The van der Waals surface area contributed by atoms with Crippen LogP contribution in [0.4, 0.5) is 9.93 Å².